The standard InChI is InChI=1S/C10H7ClN2O2/c1-6-9(11)3-2-7-4-8(13(14)15)5-12-10(6)7/h2-5H,1H3. The Morgan fingerprint density at radius 2 is 2.20 bits per heavy atom. The maximum atomic E-state index is 10.5. The zero-order valence-corrected chi connectivity index (χ0v) is 8.65. The van der Waals surface area contributed by atoms with E-state index in [1.165, 1.54) is 12.3 Å². The highest BCUT2D eigenvalue weighted by Crippen LogP contribution is 2.25. The van der Waals surface area contributed by atoms with E-state index in [2.05, 4.69) is 4.98 Å². The van der Waals surface area contributed by atoms with Crippen LogP contribution in [0.5, 0.6) is 0 Å². The van der Waals surface area contributed by atoms with Gasteiger partial charge in [-0.2, -0.15) is 0 Å². The minimum Gasteiger partial charge on any atom is -0.258 e. The van der Waals surface area contributed by atoms with Crippen molar-refractivity contribution in [1.82, 2.24) is 4.98 Å². The van der Waals surface area contributed by atoms with Crippen LogP contribution in [0.1, 0.15) is 5.56 Å². The average molecular weight is 223 g/mol. The summed E-state index contributed by atoms with van der Waals surface area (Å²) in [4.78, 5) is 14.1. The molecule has 0 aliphatic carbocycles. The van der Waals surface area contributed by atoms with Crippen molar-refractivity contribution in [2.75, 3.05) is 0 Å². The molecule has 4 nitrogen and oxygen atoms in total. The van der Waals surface area contributed by atoms with Gasteiger partial charge in [-0.15, -0.1) is 0 Å². The summed E-state index contributed by atoms with van der Waals surface area (Å²) in [5.41, 5.74) is 1.53. The summed E-state index contributed by atoms with van der Waals surface area (Å²) in [5.74, 6) is 0. The fourth-order valence-corrected chi connectivity index (χ4v) is 1.56. The summed E-state index contributed by atoms with van der Waals surface area (Å²) in [5, 5.41) is 11.9. The number of halogens is 1. The minimum atomic E-state index is -0.462. The summed E-state index contributed by atoms with van der Waals surface area (Å²) in [6.45, 7) is 1.84. The van der Waals surface area contributed by atoms with Crippen molar-refractivity contribution in [3.8, 4) is 0 Å². The number of benzene rings is 1. The van der Waals surface area contributed by atoms with Crippen LogP contribution in [0.25, 0.3) is 10.9 Å². The van der Waals surface area contributed by atoms with E-state index < -0.39 is 4.92 Å². The predicted molar refractivity (Wildman–Crippen MR) is 58.1 cm³/mol. The molecule has 0 aliphatic rings. The molecule has 76 valence electrons. The fraction of sp³-hybridized carbons (Fsp3) is 0.100. The van der Waals surface area contributed by atoms with Crippen LogP contribution in [0.15, 0.2) is 24.4 Å². The van der Waals surface area contributed by atoms with Crippen LogP contribution in [0.2, 0.25) is 5.02 Å². The van der Waals surface area contributed by atoms with Crippen molar-refractivity contribution in [3.63, 3.8) is 0 Å². The number of aromatic nitrogens is 1. The van der Waals surface area contributed by atoms with Crippen molar-refractivity contribution in [2.45, 2.75) is 6.92 Å². The first-order chi connectivity index (χ1) is 7.09. The van der Waals surface area contributed by atoms with Crippen molar-refractivity contribution < 1.29 is 4.92 Å². The quantitative estimate of drug-likeness (QED) is 0.550. The van der Waals surface area contributed by atoms with Gasteiger partial charge in [-0.25, -0.2) is 4.98 Å². The molecule has 15 heavy (non-hydrogen) atoms. The molecule has 0 N–H and O–H groups in total. The Bertz CT molecular complexity index is 554. The number of hydrogen-bond donors (Lipinski definition) is 0. The lowest BCUT2D eigenvalue weighted by atomic mass is 10.1. The summed E-state index contributed by atoms with van der Waals surface area (Å²) < 4.78 is 0. The molecule has 0 unspecified atom stereocenters. The molecule has 0 spiro atoms. The third kappa shape index (κ3) is 1.64. The van der Waals surface area contributed by atoms with Crippen molar-refractivity contribution in [1.29, 1.82) is 0 Å². The smallest absolute Gasteiger partial charge is 0.258 e. The van der Waals surface area contributed by atoms with Crippen LogP contribution in [0.3, 0.4) is 0 Å². The van der Waals surface area contributed by atoms with Crippen LogP contribution in [-0.4, -0.2) is 9.91 Å². The molecule has 1 heterocycles. The van der Waals surface area contributed by atoms with Gasteiger partial charge in [0.25, 0.3) is 5.69 Å². The molecule has 0 saturated carbocycles. The number of aryl methyl sites for hydroxylation is 1. The van der Waals surface area contributed by atoms with Crippen molar-refractivity contribution in [3.05, 3.63) is 45.1 Å². The second-order valence-corrected chi connectivity index (χ2v) is 3.60. The second kappa shape index (κ2) is 3.47. The molecular formula is C10H7ClN2O2. The summed E-state index contributed by atoms with van der Waals surface area (Å²) in [6, 6.07) is 4.93. The molecule has 2 rings (SSSR count). The molecular weight excluding hydrogens is 216 g/mol. The number of nitro groups is 1. The lowest BCUT2D eigenvalue weighted by molar-refractivity contribution is -0.385. The number of pyridine rings is 1. The molecule has 1 aromatic carbocycles. The molecule has 0 fully saturated rings. The Balaban J connectivity index is 2.75. The van der Waals surface area contributed by atoms with Crippen LogP contribution in [0, 0.1) is 17.0 Å². The van der Waals surface area contributed by atoms with Gasteiger partial charge in [0.2, 0.25) is 0 Å². The maximum absolute atomic E-state index is 10.5. The van der Waals surface area contributed by atoms with Crippen LogP contribution >= 0.6 is 11.6 Å². The molecule has 2 aromatic rings. The largest absolute Gasteiger partial charge is 0.288 e. The van der Waals surface area contributed by atoms with Gasteiger partial charge >= 0.3 is 0 Å². The predicted octanol–water partition coefficient (Wildman–Crippen LogP) is 3.10. The zero-order valence-electron chi connectivity index (χ0n) is 7.90. The van der Waals surface area contributed by atoms with Gasteiger partial charge in [0.15, 0.2) is 0 Å². The maximum Gasteiger partial charge on any atom is 0.288 e. The molecule has 0 aliphatic heterocycles. The van der Waals surface area contributed by atoms with Crippen LogP contribution < -0.4 is 0 Å². The average Bonchev–Trinajstić information content (AvgIpc) is 2.23. The monoisotopic (exact) mass is 222 g/mol. The Morgan fingerprint density at radius 1 is 1.47 bits per heavy atom. The van der Waals surface area contributed by atoms with Gasteiger partial charge in [0.1, 0.15) is 6.20 Å². The second-order valence-electron chi connectivity index (χ2n) is 3.19. The number of rotatable bonds is 1. The SMILES string of the molecule is Cc1c(Cl)ccc2cc([N+](=O)[O-])cnc12. The van der Waals surface area contributed by atoms with E-state index in [9.17, 15) is 10.1 Å². The van der Waals surface area contributed by atoms with Gasteiger partial charge in [-0.3, -0.25) is 10.1 Å². The first-order valence-electron chi connectivity index (χ1n) is 4.29. The van der Waals surface area contributed by atoms with E-state index >= 15 is 0 Å². The van der Waals surface area contributed by atoms with E-state index in [1.54, 1.807) is 12.1 Å². The lowest BCUT2D eigenvalue weighted by Crippen LogP contribution is -1.91. The molecule has 0 bridgehead atoms. The zero-order chi connectivity index (χ0) is 11.0. The van der Waals surface area contributed by atoms with Crippen LogP contribution in [-0.2, 0) is 0 Å². The van der Waals surface area contributed by atoms with E-state index in [0.29, 0.717) is 10.5 Å². The molecule has 0 amide bonds. The van der Waals surface area contributed by atoms with E-state index in [1.807, 2.05) is 6.92 Å². The third-order valence-corrected chi connectivity index (χ3v) is 2.65. The van der Waals surface area contributed by atoms with Gasteiger partial charge in [-0.05, 0) is 18.6 Å². The number of fused-ring (bicyclic) bond motifs is 1. The van der Waals surface area contributed by atoms with E-state index in [4.69, 9.17) is 11.6 Å². The van der Waals surface area contributed by atoms with Crippen molar-refractivity contribution in [2.24, 2.45) is 0 Å². The van der Waals surface area contributed by atoms with Gasteiger partial charge in [-0.1, -0.05) is 17.7 Å². The van der Waals surface area contributed by atoms with Crippen molar-refractivity contribution >= 4 is 28.2 Å². The number of nitrogens with zero attached hydrogens (tertiary/aromatic N) is 2. The van der Waals surface area contributed by atoms with Gasteiger partial charge in [0, 0.05) is 16.5 Å². The summed E-state index contributed by atoms with van der Waals surface area (Å²) >= 11 is 5.92. The van der Waals surface area contributed by atoms with Gasteiger partial charge < -0.3 is 0 Å². The van der Waals surface area contributed by atoms with Gasteiger partial charge in [0.05, 0.1) is 10.4 Å². The third-order valence-electron chi connectivity index (χ3n) is 2.24. The lowest BCUT2D eigenvalue weighted by Gasteiger charge is -2.02. The molecule has 0 saturated heterocycles. The molecule has 0 atom stereocenters. The minimum absolute atomic E-state index is 0.00998. The summed E-state index contributed by atoms with van der Waals surface area (Å²) in [7, 11) is 0. The highest BCUT2D eigenvalue weighted by molar-refractivity contribution is 6.32. The topological polar surface area (TPSA) is 56.0 Å². The fourth-order valence-electron chi connectivity index (χ4n) is 1.41. The normalized spacial score (nSPS) is 10.5. The van der Waals surface area contributed by atoms with E-state index in [-0.39, 0.29) is 5.69 Å². The highest BCUT2D eigenvalue weighted by atomic mass is 35.5. The first kappa shape index (κ1) is 9.86. The number of hydrogen-bond acceptors (Lipinski definition) is 3. The Kier molecular flexibility index (Phi) is 2.28. The Labute approximate surface area is 90.7 Å². The first-order valence-corrected chi connectivity index (χ1v) is 4.66. The highest BCUT2D eigenvalue weighted by Gasteiger charge is 2.09. The Morgan fingerprint density at radius 3 is 2.87 bits per heavy atom. The molecule has 1 aromatic heterocycles. The Hall–Kier alpha value is -1.68. The molecule has 5 heteroatoms. The van der Waals surface area contributed by atoms with E-state index in [0.717, 1.165) is 10.9 Å². The summed E-state index contributed by atoms with van der Waals surface area (Å²) in [6.07, 6.45) is 1.24. The molecule has 0 radical (unpaired) electrons. The van der Waals surface area contributed by atoms with Crippen LogP contribution in [0.4, 0.5) is 5.69 Å².